The van der Waals surface area contributed by atoms with Crippen molar-refractivity contribution in [1.82, 2.24) is 9.71 Å². The van der Waals surface area contributed by atoms with Gasteiger partial charge in [0.2, 0.25) is 15.9 Å². The van der Waals surface area contributed by atoms with Gasteiger partial charge in [0.1, 0.15) is 6.61 Å². The molecule has 152 valence electrons. The van der Waals surface area contributed by atoms with E-state index in [1.54, 1.807) is 19.2 Å². The summed E-state index contributed by atoms with van der Waals surface area (Å²) in [5, 5.41) is 2.69. The standard InChI is InChI=1S/C18H23N3O6S/c1-25-10-9-20-28(23,24)16-6-3-14(4-7-16)18(22)21-15-5-8-17(19-13-15)27-12-11-26-2/h3-8,13,20H,9-12H2,1-2H3,(H,21,22). The maximum Gasteiger partial charge on any atom is 0.255 e. The van der Waals surface area contributed by atoms with Gasteiger partial charge < -0.3 is 19.5 Å². The third kappa shape index (κ3) is 6.57. The van der Waals surface area contributed by atoms with E-state index in [-0.39, 0.29) is 24.0 Å². The van der Waals surface area contributed by atoms with Gasteiger partial charge in [-0.05, 0) is 30.3 Å². The van der Waals surface area contributed by atoms with Crippen molar-refractivity contribution in [2.75, 3.05) is 45.9 Å². The smallest absolute Gasteiger partial charge is 0.255 e. The van der Waals surface area contributed by atoms with Crippen molar-refractivity contribution in [2.45, 2.75) is 4.90 Å². The van der Waals surface area contributed by atoms with E-state index in [2.05, 4.69) is 15.0 Å². The molecule has 0 aliphatic heterocycles. The second kappa shape index (κ2) is 10.7. The summed E-state index contributed by atoms with van der Waals surface area (Å²) >= 11 is 0. The third-order valence-corrected chi connectivity index (χ3v) is 5.03. The van der Waals surface area contributed by atoms with Crippen LogP contribution < -0.4 is 14.8 Å². The number of pyridine rings is 1. The predicted octanol–water partition coefficient (Wildman–Crippen LogP) is 1.28. The molecule has 0 unspecified atom stereocenters. The Balaban J connectivity index is 1.95. The van der Waals surface area contributed by atoms with Crippen LogP contribution >= 0.6 is 0 Å². The van der Waals surface area contributed by atoms with Gasteiger partial charge in [0.25, 0.3) is 5.91 Å². The lowest BCUT2D eigenvalue weighted by Gasteiger charge is -2.09. The molecule has 0 atom stereocenters. The fourth-order valence-corrected chi connectivity index (χ4v) is 3.13. The number of ether oxygens (including phenoxy) is 3. The Bertz CT molecular complexity index is 854. The lowest BCUT2D eigenvalue weighted by Crippen LogP contribution is -2.27. The first kappa shape index (κ1) is 21.8. The van der Waals surface area contributed by atoms with Crippen LogP contribution in [0.5, 0.6) is 5.88 Å². The molecule has 2 rings (SSSR count). The largest absolute Gasteiger partial charge is 0.475 e. The Kier molecular flexibility index (Phi) is 8.33. The van der Waals surface area contributed by atoms with Crippen LogP contribution in [0.2, 0.25) is 0 Å². The van der Waals surface area contributed by atoms with Crippen LogP contribution in [0.25, 0.3) is 0 Å². The zero-order valence-corrected chi connectivity index (χ0v) is 16.5. The van der Waals surface area contributed by atoms with Crippen molar-refractivity contribution < 1.29 is 27.4 Å². The molecule has 1 heterocycles. The highest BCUT2D eigenvalue weighted by atomic mass is 32.2. The number of methoxy groups -OCH3 is 2. The molecule has 1 aromatic heterocycles. The molecular weight excluding hydrogens is 386 g/mol. The molecule has 10 heteroatoms. The average Bonchev–Trinajstić information content (AvgIpc) is 2.70. The molecular formula is C18H23N3O6S. The number of carbonyl (C=O) groups excluding carboxylic acids is 1. The average molecular weight is 409 g/mol. The molecule has 0 aliphatic rings. The Morgan fingerprint density at radius 3 is 2.32 bits per heavy atom. The summed E-state index contributed by atoms with van der Waals surface area (Å²) in [4.78, 5) is 16.5. The molecule has 28 heavy (non-hydrogen) atoms. The van der Waals surface area contributed by atoms with Gasteiger partial charge in [-0.25, -0.2) is 18.1 Å². The van der Waals surface area contributed by atoms with E-state index in [0.717, 1.165) is 0 Å². The fourth-order valence-electron chi connectivity index (χ4n) is 2.12. The summed E-state index contributed by atoms with van der Waals surface area (Å²) in [6.07, 6.45) is 1.47. The van der Waals surface area contributed by atoms with Gasteiger partial charge >= 0.3 is 0 Å². The molecule has 1 amide bonds. The number of carbonyl (C=O) groups is 1. The van der Waals surface area contributed by atoms with Gasteiger partial charge in [-0.15, -0.1) is 0 Å². The molecule has 2 aromatic rings. The zero-order valence-electron chi connectivity index (χ0n) is 15.7. The summed E-state index contributed by atoms with van der Waals surface area (Å²) in [6, 6.07) is 8.91. The number of amides is 1. The van der Waals surface area contributed by atoms with E-state index in [1.165, 1.54) is 37.6 Å². The first-order valence-electron chi connectivity index (χ1n) is 8.44. The minimum Gasteiger partial charge on any atom is -0.475 e. The maximum atomic E-state index is 12.3. The monoisotopic (exact) mass is 409 g/mol. The lowest BCUT2D eigenvalue weighted by atomic mass is 10.2. The van der Waals surface area contributed by atoms with Crippen LogP contribution in [-0.4, -0.2) is 59.9 Å². The van der Waals surface area contributed by atoms with Crippen molar-refractivity contribution in [2.24, 2.45) is 0 Å². The summed E-state index contributed by atoms with van der Waals surface area (Å²) in [5.41, 5.74) is 0.804. The van der Waals surface area contributed by atoms with E-state index in [9.17, 15) is 13.2 Å². The number of nitrogens with one attached hydrogen (secondary N) is 2. The molecule has 0 saturated heterocycles. The molecule has 0 saturated carbocycles. The Hall–Kier alpha value is -2.53. The normalized spacial score (nSPS) is 11.2. The fraction of sp³-hybridized carbons (Fsp3) is 0.333. The number of hydrogen-bond donors (Lipinski definition) is 2. The quantitative estimate of drug-likeness (QED) is 0.537. The van der Waals surface area contributed by atoms with Gasteiger partial charge in [-0.1, -0.05) is 0 Å². The molecule has 2 N–H and O–H groups in total. The van der Waals surface area contributed by atoms with E-state index in [4.69, 9.17) is 14.2 Å². The van der Waals surface area contributed by atoms with Crippen molar-refractivity contribution in [1.29, 1.82) is 0 Å². The molecule has 0 fully saturated rings. The molecule has 0 bridgehead atoms. The van der Waals surface area contributed by atoms with Gasteiger partial charge in [-0.2, -0.15) is 0 Å². The molecule has 0 spiro atoms. The summed E-state index contributed by atoms with van der Waals surface area (Å²) in [5.74, 6) is 0.0386. The van der Waals surface area contributed by atoms with Gasteiger partial charge in [-0.3, -0.25) is 4.79 Å². The van der Waals surface area contributed by atoms with E-state index >= 15 is 0 Å². The van der Waals surface area contributed by atoms with Crippen molar-refractivity contribution >= 4 is 21.6 Å². The highest BCUT2D eigenvalue weighted by molar-refractivity contribution is 7.89. The van der Waals surface area contributed by atoms with Crippen LogP contribution in [0.3, 0.4) is 0 Å². The summed E-state index contributed by atoms with van der Waals surface area (Å²) in [6.45, 7) is 1.27. The number of sulfonamides is 1. The zero-order chi connectivity index (χ0) is 20.4. The first-order valence-corrected chi connectivity index (χ1v) is 9.92. The number of hydrogen-bond acceptors (Lipinski definition) is 7. The second-order valence-electron chi connectivity index (χ2n) is 5.60. The molecule has 0 aliphatic carbocycles. The molecule has 0 radical (unpaired) electrons. The van der Waals surface area contributed by atoms with Gasteiger partial charge in [0, 0.05) is 32.4 Å². The number of anilines is 1. The minimum atomic E-state index is -3.64. The summed E-state index contributed by atoms with van der Waals surface area (Å²) in [7, 11) is -0.579. The summed E-state index contributed by atoms with van der Waals surface area (Å²) < 4.78 is 41.7. The highest BCUT2D eigenvalue weighted by Gasteiger charge is 2.14. The van der Waals surface area contributed by atoms with Crippen LogP contribution in [-0.2, 0) is 19.5 Å². The van der Waals surface area contributed by atoms with E-state index in [0.29, 0.717) is 30.3 Å². The van der Waals surface area contributed by atoms with Crippen molar-refractivity contribution in [3.8, 4) is 5.88 Å². The van der Waals surface area contributed by atoms with E-state index in [1.807, 2.05) is 0 Å². The van der Waals surface area contributed by atoms with Crippen molar-refractivity contribution in [3.05, 3.63) is 48.2 Å². The Morgan fingerprint density at radius 2 is 1.71 bits per heavy atom. The predicted molar refractivity (Wildman–Crippen MR) is 103 cm³/mol. The second-order valence-corrected chi connectivity index (χ2v) is 7.36. The van der Waals surface area contributed by atoms with Crippen LogP contribution in [0, 0.1) is 0 Å². The van der Waals surface area contributed by atoms with Crippen LogP contribution in [0.4, 0.5) is 5.69 Å². The van der Waals surface area contributed by atoms with Crippen LogP contribution in [0.1, 0.15) is 10.4 Å². The third-order valence-electron chi connectivity index (χ3n) is 3.56. The Morgan fingerprint density at radius 1 is 1.00 bits per heavy atom. The molecule has 9 nitrogen and oxygen atoms in total. The molecule has 1 aromatic carbocycles. The van der Waals surface area contributed by atoms with Gasteiger partial charge in [0.05, 0.1) is 30.0 Å². The van der Waals surface area contributed by atoms with Crippen molar-refractivity contribution in [3.63, 3.8) is 0 Å². The van der Waals surface area contributed by atoms with Crippen LogP contribution in [0.15, 0.2) is 47.5 Å². The van der Waals surface area contributed by atoms with Gasteiger partial charge in [0.15, 0.2) is 0 Å². The minimum absolute atomic E-state index is 0.0689. The Labute approximate surface area is 164 Å². The van der Waals surface area contributed by atoms with E-state index < -0.39 is 10.0 Å². The topological polar surface area (TPSA) is 116 Å². The SMILES string of the molecule is COCCNS(=O)(=O)c1ccc(C(=O)Nc2ccc(OCCOC)nc2)cc1. The number of nitrogens with zero attached hydrogens (tertiary/aromatic N) is 1. The number of aromatic nitrogens is 1. The maximum absolute atomic E-state index is 12.3. The number of benzene rings is 1. The lowest BCUT2D eigenvalue weighted by molar-refractivity contribution is 0.102. The number of rotatable bonds is 11. The highest BCUT2D eigenvalue weighted by Crippen LogP contribution is 2.15. The first-order chi connectivity index (χ1) is 13.5.